The second-order valence-corrected chi connectivity index (χ2v) is 5.42. The van der Waals surface area contributed by atoms with Crippen LogP contribution >= 0.6 is 0 Å². The minimum atomic E-state index is -0.743. The molecule has 0 saturated carbocycles. The molecular formula is C14H20N2O4. The number of likely N-dealkylation sites (tertiary alicyclic amines) is 1. The third-order valence-electron chi connectivity index (χ3n) is 4.17. The highest BCUT2D eigenvalue weighted by Crippen LogP contribution is 2.36. The van der Waals surface area contributed by atoms with Gasteiger partial charge in [-0.2, -0.15) is 0 Å². The maximum absolute atomic E-state index is 12.3. The maximum Gasteiger partial charge on any atom is 0.309 e. The SMILES string of the molecule is CCCC1(C(=O)O)CCN(C(=O)c2cnoc2C)CC1. The largest absolute Gasteiger partial charge is 0.481 e. The zero-order chi connectivity index (χ0) is 14.8. The summed E-state index contributed by atoms with van der Waals surface area (Å²) < 4.78 is 4.90. The quantitative estimate of drug-likeness (QED) is 0.913. The topological polar surface area (TPSA) is 83.6 Å². The van der Waals surface area contributed by atoms with E-state index in [1.165, 1.54) is 6.20 Å². The first kappa shape index (κ1) is 14.6. The third-order valence-corrected chi connectivity index (χ3v) is 4.17. The molecule has 0 spiro atoms. The Bertz CT molecular complexity index is 501. The number of carboxylic acid groups (broad SMARTS) is 1. The number of rotatable bonds is 4. The van der Waals surface area contributed by atoms with Gasteiger partial charge < -0.3 is 14.5 Å². The van der Waals surface area contributed by atoms with Gasteiger partial charge in [-0.3, -0.25) is 9.59 Å². The molecule has 0 radical (unpaired) electrons. The lowest BCUT2D eigenvalue weighted by Gasteiger charge is -2.38. The highest BCUT2D eigenvalue weighted by Gasteiger charge is 2.41. The van der Waals surface area contributed by atoms with E-state index in [2.05, 4.69) is 5.16 Å². The van der Waals surface area contributed by atoms with Gasteiger partial charge >= 0.3 is 5.97 Å². The van der Waals surface area contributed by atoms with E-state index in [-0.39, 0.29) is 5.91 Å². The van der Waals surface area contributed by atoms with Crippen molar-refractivity contribution in [2.24, 2.45) is 5.41 Å². The van der Waals surface area contributed by atoms with Crippen molar-refractivity contribution in [1.29, 1.82) is 0 Å². The lowest BCUT2D eigenvalue weighted by atomic mass is 9.75. The van der Waals surface area contributed by atoms with E-state index in [9.17, 15) is 14.7 Å². The van der Waals surface area contributed by atoms with Crippen LogP contribution in [0.2, 0.25) is 0 Å². The number of carboxylic acids is 1. The fraction of sp³-hybridized carbons (Fsp3) is 0.643. The van der Waals surface area contributed by atoms with Gasteiger partial charge in [0.15, 0.2) is 0 Å². The first-order valence-corrected chi connectivity index (χ1v) is 6.94. The molecule has 1 saturated heterocycles. The summed E-state index contributed by atoms with van der Waals surface area (Å²) in [5, 5.41) is 13.1. The van der Waals surface area contributed by atoms with Gasteiger partial charge in [0, 0.05) is 13.1 Å². The number of carbonyl (C=O) groups is 2. The molecule has 1 fully saturated rings. The van der Waals surface area contributed by atoms with Crippen molar-refractivity contribution in [2.45, 2.75) is 39.5 Å². The Morgan fingerprint density at radius 3 is 2.55 bits per heavy atom. The van der Waals surface area contributed by atoms with E-state index in [0.29, 0.717) is 43.7 Å². The number of carbonyl (C=O) groups excluding carboxylic acids is 1. The first-order valence-electron chi connectivity index (χ1n) is 6.94. The molecule has 1 aliphatic rings. The van der Waals surface area contributed by atoms with E-state index >= 15 is 0 Å². The van der Waals surface area contributed by atoms with E-state index in [1.807, 2.05) is 6.92 Å². The molecule has 1 aromatic heterocycles. The molecule has 1 amide bonds. The Morgan fingerprint density at radius 1 is 1.45 bits per heavy atom. The predicted molar refractivity (Wildman–Crippen MR) is 71.4 cm³/mol. The number of amides is 1. The second-order valence-electron chi connectivity index (χ2n) is 5.42. The highest BCUT2D eigenvalue weighted by atomic mass is 16.5. The fourth-order valence-corrected chi connectivity index (χ4v) is 2.86. The van der Waals surface area contributed by atoms with Crippen LogP contribution in [0.15, 0.2) is 10.7 Å². The van der Waals surface area contributed by atoms with Gasteiger partial charge in [0.1, 0.15) is 11.3 Å². The van der Waals surface area contributed by atoms with Gasteiger partial charge in [-0.25, -0.2) is 0 Å². The molecule has 2 rings (SSSR count). The Balaban J connectivity index is 2.05. The lowest BCUT2D eigenvalue weighted by molar-refractivity contribution is -0.152. The van der Waals surface area contributed by atoms with Gasteiger partial charge in [-0.15, -0.1) is 0 Å². The van der Waals surface area contributed by atoms with Crippen LogP contribution in [0, 0.1) is 12.3 Å². The Hall–Kier alpha value is -1.85. The van der Waals surface area contributed by atoms with E-state index in [1.54, 1.807) is 11.8 Å². The average molecular weight is 280 g/mol. The summed E-state index contributed by atoms with van der Waals surface area (Å²) in [6, 6.07) is 0. The van der Waals surface area contributed by atoms with E-state index < -0.39 is 11.4 Å². The molecule has 110 valence electrons. The van der Waals surface area contributed by atoms with Crippen molar-refractivity contribution in [3.05, 3.63) is 17.5 Å². The van der Waals surface area contributed by atoms with Crippen LogP contribution in [-0.4, -0.2) is 40.1 Å². The van der Waals surface area contributed by atoms with Crippen molar-refractivity contribution in [3.63, 3.8) is 0 Å². The van der Waals surface area contributed by atoms with Crippen LogP contribution in [0.3, 0.4) is 0 Å². The van der Waals surface area contributed by atoms with Crippen LogP contribution in [-0.2, 0) is 4.79 Å². The average Bonchev–Trinajstić information content (AvgIpc) is 2.85. The summed E-state index contributed by atoms with van der Waals surface area (Å²) in [7, 11) is 0. The van der Waals surface area contributed by atoms with Crippen LogP contribution in [0.1, 0.15) is 48.7 Å². The van der Waals surface area contributed by atoms with Crippen LogP contribution in [0.4, 0.5) is 0 Å². The Morgan fingerprint density at radius 2 is 2.10 bits per heavy atom. The number of aliphatic carboxylic acids is 1. The normalized spacial score (nSPS) is 18.0. The first-order chi connectivity index (χ1) is 9.50. The molecule has 6 nitrogen and oxygen atoms in total. The van der Waals surface area contributed by atoms with Gasteiger partial charge in [-0.05, 0) is 26.2 Å². The summed E-state index contributed by atoms with van der Waals surface area (Å²) in [4.78, 5) is 25.5. The maximum atomic E-state index is 12.3. The van der Waals surface area contributed by atoms with Crippen molar-refractivity contribution < 1.29 is 19.2 Å². The minimum Gasteiger partial charge on any atom is -0.481 e. The van der Waals surface area contributed by atoms with Crippen molar-refractivity contribution >= 4 is 11.9 Å². The van der Waals surface area contributed by atoms with E-state index in [4.69, 9.17) is 4.52 Å². The Labute approximate surface area is 117 Å². The summed E-state index contributed by atoms with van der Waals surface area (Å²) in [6.07, 6.45) is 3.93. The molecule has 0 bridgehead atoms. The van der Waals surface area contributed by atoms with Crippen LogP contribution in [0.25, 0.3) is 0 Å². The number of aryl methyl sites for hydroxylation is 1. The lowest BCUT2D eigenvalue weighted by Crippen LogP contribution is -2.46. The second kappa shape index (κ2) is 5.64. The molecule has 0 unspecified atom stereocenters. The molecule has 6 heteroatoms. The number of hydrogen-bond donors (Lipinski definition) is 1. The van der Waals surface area contributed by atoms with Gasteiger partial charge in [-0.1, -0.05) is 18.5 Å². The molecule has 20 heavy (non-hydrogen) atoms. The van der Waals surface area contributed by atoms with Crippen LogP contribution in [0.5, 0.6) is 0 Å². The summed E-state index contributed by atoms with van der Waals surface area (Å²) >= 11 is 0. The predicted octanol–water partition coefficient (Wildman–Crippen LogP) is 2.09. The zero-order valence-corrected chi connectivity index (χ0v) is 11.9. The number of hydrogen-bond acceptors (Lipinski definition) is 4. The minimum absolute atomic E-state index is 0.126. The Kier molecular flexibility index (Phi) is 4.11. The number of nitrogens with zero attached hydrogens (tertiary/aromatic N) is 2. The van der Waals surface area contributed by atoms with E-state index in [0.717, 1.165) is 6.42 Å². The molecular weight excluding hydrogens is 260 g/mol. The summed E-state index contributed by atoms with van der Waals surface area (Å²) in [5.41, 5.74) is -0.210. The molecule has 1 aliphatic heterocycles. The van der Waals surface area contributed by atoms with Crippen molar-refractivity contribution in [3.8, 4) is 0 Å². The fourth-order valence-electron chi connectivity index (χ4n) is 2.86. The monoisotopic (exact) mass is 280 g/mol. The molecule has 1 aromatic rings. The van der Waals surface area contributed by atoms with Gasteiger partial charge in [0.2, 0.25) is 0 Å². The number of aromatic nitrogens is 1. The van der Waals surface area contributed by atoms with Crippen molar-refractivity contribution in [1.82, 2.24) is 10.1 Å². The van der Waals surface area contributed by atoms with Gasteiger partial charge in [0.25, 0.3) is 5.91 Å². The molecule has 1 N–H and O–H groups in total. The number of piperidine rings is 1. The standard InChI is InChI=1S/C14H20N2O4/c1-3-4-14(13(18)19)5-7-16(8-6-14)12(17)11-9-15-20-10(11)2/h9H,3-8H2,1-2H3,(H,18,19). The molecule has 0 aliphatic carbocycles. The molecule has 0 aromatic carbocycles. The highest BCUT2D eigenvalue weighted by molar-refractivity contribution is 5.95. The van der Waals surface area contributed by atoms with Crippen LogP contribution < -0.4 is 0 Å². The molecule has 0 atom stereocenters. The smallest absolute Gasteiger partial charge is 0.309 e. The summed E-state index contributed by atoms with van der Waals surface area (Å²) in [6.45, 7) is 4.62. The van der Waals surface area contributed by atoms with Crippen molar-refractivity contribution in [2.75, 3.05) is 13.1 Å². The van der Waals surface area contributed by atoms with Gasteiger partial charge in [0.05, 0.1) is 11.6 Å². The third kappa shape index (κ3) is 2.55. The summed E-state index contributed by atoms with van der Waals surface area (Å²) in [5.74, 6) is -0.370. The zero-order valence-electron chi connectivity index (χ0n) is 11.9. The molecule has 2 heterocycles.